The highest BCUT2D eigenvalue weighted by atomic mass is 79.9. The van der Waals surface area contributed by atoms with Gasteiger partial charge in [-0.15, -0.1) is 0 Å². The molecule has 6 nitrogen and oxygen atoms in total. The number of rotatable bonds is 5. The minimum atomic E-state index is -0.312. The number of nitrogens with zero attached hydrogens (tertiary/aromatic N) is 1. The predicted molar refractivity (Wildman–Crippen MR) is 114 cm³/mol. The molecule has 0 radical (unpaired) electrons. The molecule has 8 heteroatoms. The predicted octanol–water partition coefficient (Wildman–Crippen LogP) is 3.27. The van der Waals surface area contributed by atoms with Crippen molar-refractivity contribution in [3.63, 3.8) is 0 Å². The number of hydrogen-bond donors (Lipinski definition) is 3. The van der Waals surface area contributed by atoms with E-state index in [1.807, 2.05) is 37.3 Å². The Morgan fingerprint density at radius 2 is 1.96 bits per heavy atom. The summed E-state index contributed by atoms with van der Waals surface area (Å²) in [6, 6.07) is 12.9. The molecule has 3 N–H and O–H groups in total. The average Bonchev–Trinajstić information content (AvgIpc) is 3.13. The quantitative estimate of drug-likeness (QED) is 0.634. The largest absolute Gasteiger partial charge is 0.336 e. The topological polar surface area (TPSA) is 73.5 Å². The summed E-state index contributed by atoms with van der Waals surface area (Å²) >= 11 is 9.36. The van der Waals surface area contributed by atoms with Gasteiger partial charge in [-0.1, -0.05) is 39.7 Å². The van der Waals surface area contributed by atoms with Crippen LogP contribution in [0.5, 0.6) is 0 Å². The third-order valence-corrected chi connectivity index (χ3v) is 5.49. The van der Waals surface area contributed by atoms with Crippen molar-refractivity contribution in [1.29, 1.82) is 0 Å². The zero-order valence-corrected chi connectivity index (χ0v) is 18.0. The second-order valence-corrected chi connectivity index (χ2v) is 8.21. The number of benzene rings is 2. The van der Waals surface area contributed by atoms with Crippen molar-refractivity contribution in [3.8, 4) is 0 Å². The van der Waals surface area contributed by atoms with E-state index in [4.69, 9.17) is 11.6 Å². The van der Waals surface area contributed by atoms with Crippen LogP contribution in [-0.4, -0.2) is 36.9 Å². The first-order valence-electron chi connectivity index (χ1n) is 8.90. The van der Waals surface area contributed by atoms with Crippen LogP contribution in [0.1, 0.15) is 17.2 Å². The molecule has 3 rings (SSSR count). The molecule has 1 fully saturated rings. The molecule has 2 aromatic rings. The van der Waals surface area contributed by atoms with E-state index in [2.05, 4.69) is 32.1 Å². The van der Waals surface area contributed by atoms with Crippen LogP contribution in [0.2, 0.25) is 5.02 Å². The van der Waals surface area contributed by atoms with E-state index in [1.54, 1.807) is 19.2 Å². The number of halogens is 2. The van der Waals surface area contributed by atoms with Crippen LogP contribution in [0.4, 0.5) is 5.69 Å². The Bertz CT molecular complexity index is 875. The standard InChI is InChI=1S/C20H22BrClN4O2/c1-12-9-14(21)5-8-17(12)24-18(27)11-26(2)20(28)16-10-23-25-19(16)13-3-6-15(22)7-4-13/h3-9,16,19,23,25H,10-11H2,1-2H3,(H,24,27). The van der Waals surface area contributed by atoms with Gasteiger partial charge in [0.05, 0.1) is 18.5 Å². The minimum Gasteiger partial charge on any atom is -0.336 e. The van der Waals surface area contributed by atoms with Gasteiger partial charge in [-0.3, -0.25) is 15.0 Å². The molecule has 0 spiro atoms. The molecular weight excluding hydrogens is 444 g/mol. The Labute approximate surface area is 177 Å². The molecule has 0 bridgehead atoms. The van der Waals surface area contributed by atoms with Gasteiger partial charge in [-0.05, 0) is 48.4 Å². The van der Waals surface area contributed by atoms with Gasteiger partial charge in [0.25, 0.3) is 0 Å². The number of aryl methyl sites for hydroxylation is 1. The summed E-state index contributed by atoms with van der Waals surface area (Å²) in [7, 11) is 1.65. The number of hydrazine groups is 1. The van der Waals surface area contributed by atoms with Gasteiger partial charge in [0.15, 0.2) is 0 Å². The molecule has 1 aliphatic rings. The number of likely N-dealkylation sites (N-methyl/N-ethyl adjacent to an activating group) is 1. The zero-order valence-electron chi connectivity index (χ0n) is 15.6. The summed E-state index contributed by atoms with van der Waals surface area (Å²) < 4.78 is 0.949. The Hall–Kier alpha value is -1.93. The van der Waals surface area contributed by atoms with Crippen molar-refractivity contribution in [2.24, 2.45) is 5.92 Å². The van der Waals surface area contributed by atoms with Crippen LogP contribution < -0.4 is 16.2 Å². The van der Waals surface area contributed by atoms with E-state index in [9.17, 15) is 9.59 Å². The van der Waals surface area contributed by atoms with Gasteiger partial charge in [-0.2, -0.15) is 0 Å². The lowest BCUT2D eigenvalue weighted by Crippen LogP contribution is -2.41. The average molecular weight is 466 g/mol. The van der Waals surface area contributed by atoms with Crippen molar-refractivity contribution >= 4 is 45.0 Å². The van der Waals surface area contributed by atoms with Crippen molar-refractivity contribution < 1.29 is 9.59 Å². The highest BCUT2D eigenvalue weighted by Crippen LogP contribution is 2.27. The fourth-order valence-corrected chi connectivity index (χ4v) is 3.85. The van der Waals surface area contributed by atoms with Gasteiger partial charge >= 0.3 is 0 Å². The molecule has 0 saturated carbocycles. The maximum atomic E-state index is 12.9. The lowest BCUT2D eigenvalue weighted by atomic mass is 9.94. The minimum absolute atomic E-state index is 0.0157. The normalized spacial score (nSPS) is 18.7. The van der Waals surface area contributed by atoms with E-state index in [1.165, 1.54) is 4.90 Å². The Kier molecular flexibility index (Phi) is 6.72. The van der Waals surface area contributed by atoms with E-state index < -0.39 is 0 Å². The van der Waals surface area contributed by atoms with Crippen LogP contribution in [0, 0.1) is 12.8 Å². The number of anilines is 1. The fourth-order valence-electron chi connectivity index (χ4n) is 3.25. The first-order chi connectivity index (χ1) is 13.3. The second-order valence-electron chi connectivity index (χ2n) is 6.86. The number of carbonyl (C=O) groups is 2. The Morgan fingerprint density at radius 3 is 2.64 bits per heavy atom. The fraction of sp³-hybridized carbons (Fsp3) is 0.300. The second kappa shape index (κ2) is 9.05. The summed E-state index contributed by atoms with van der Waals surface area (Å²) in [6.07, 6.45) is 0. The molecule has 2 amide bonds. The zero-order chi connectivity index (χ0) is 20.3. The maximum Gasteiger partial charge on any atom is 0.243 e. The van der Waals surface area contributed by atoms with Gasteiger partial charge in [-0.25, -0.2) is 5.43 Å². The summed E-state index contributed by atoms with van der Waals surface area (Å²) in [5.41, 5.74) is 8.83. The maximum absolute atomic E-state index is 12.9. The third kappa shape index (κ3) is 4.91. The number of carbonyl (C=O) groups excluding carboxylic acids is 2. The molecule has 2 atom stereocenters. The van der Waals surface area contributed by atoms with E-state index >= 15 is 0 Å². The van der Waals surface area contributed by atoms with Crippen LogP contribution in [0.3, 0.4) is 0 Å². The van der Waals surface area contributed by atoms with E-state index in [-0.39, 0.29) is 30.3 Å². The molecular formula is C20H22BrClN4O2. The molecule has 148 valence electrons. The van der Waals surface area contributed by atoms with E-state index in [0.717, 1.165) is 21.3 Å². The molecule has 1 aliphatic heterocycles. The van der Waals surface area contributed by atoms with Crippen LogP contribution in [0.15, 0.2) is 46.9 Å². The lowest BCUT2D eigenvalue weighted by Gasteiger charge is -2.24. The molecule has 2 unspecified atom stereocenters. The molecule has 1 heterocycles. The number of hydrogen-bond acceptors (Lipinski definition) is 4. The summed E-state index contributed by atoms with van der Waals surface area (Å²) in [5, 5.41) is 3.51. The number of amides is 2. The molecule has 28 heavy (non-hydrogen) atoms. The van der Waals surface area contributed by atoms with E-state index in [0.29, 0.717) is 11.6 Å². The van der Waals surface area contributed by atoms with Crippen molar-refractivity contribution in [1.82, 2.24) is 15.8 Å². The van der Waals surface area contributed by atoms with Crippen LogP contribution in [-0.2, 0) is 9.59 Å². The molecule has 1 saturated heterocycles. The van der Waals surface area contributed by atoms with Gasteiger partial charge in [0.2, 0.25) is 11.8 Å². The third-order valence-electron chi connectivity index (χ3n) is 4.75. The van der Waals surface area contributed by atoms with Crippen molar-refractivity contribution in [3.05, 3.63) is 63.1 Å². The first kappa shape index (κ1) is 20.8. The smallest absolute Gasteiger partial charge is 0.243 e. The van der Waals surface area contributed by atoms with Gasteiger partial charge < -0.3 is 10.2 Å². The summed E-state index contributed by atoms with van der Waals surface area (Å²) in [5.74, 6) is -0.642. The number of nitrogens with one attached hydrogen (secondary N) is 3. The Morgan fingerprint density at radius 1 is 1.25 bits per heavy atom. The molecule has 0 aliphatic carbocycles. The van der Waals surface area contributed by atoms with Gasteiger partial charge in [0.1, 0.15) is 0 Å². The first-order valence-corrected chi connectivity index (χ1v) is 10.1. The molecule has 0 aromatic heterocycles. The monoisotopic (exact) mass is 464 g/mol. The summed E-state index contributed by atoms with van der Waals surface area (Å²) in [4.78, 5) is 26.8. The SMILES string of the molecule is Cc1cc(Br)ccc1NC(=O)CN(C)C(=O)C1CNNC1c1ccc(Cl)cc1. The Balaban J connectivity index is 1.63. The van der Waals surface area contributed by atoms with Crippen LogP contribution in [0.25, 0.3) is 0 Å². The van der Waals surface area contributed by atoms with Crippen molar-refractivity contribution in [2.45, 2.75) is 13.0 Å². The summed E-state index contributed by atoms with van der Waals surface area (Å²) in [6.45, 7) is 2.39. The highest BCUT2D eigenvalue weighted by molar-refractivity contribution is 9.10. The molecule has 2 aromatic carbocycles. The highest BCUT2D eigenvalue weighted by Gasteiger charge is 2.36. The van der Waals surface area contributed by atoms with Crippen molar-refractivity contribution in [2.75, 3.05) is 25.5 Å². The van der Waals surface area contributed by atoms with Gasteiger partial charge in [0, 0.05) is 28.8 Å². The lowest BCUT2D eigenvalue weighted by molar-refractivity contribution is -0.136. The van der Waals surface area contributed by atoms with Crippen LogP contribution >= 0.6 is 27.5 Å².